The van der Waals surface area contributed by atoms with Crippen molar-refractivity contribution < 1.29 is 23.8 Å². The summed E-state index contributed by atoms with van der Waals surface area (Å²) >= 11 is 6.03. The maximum Gasteiger partial charge on any atom is 0.313 e. The second-order valence-electron chi connectivity index (χ2n) is 7.67. The summed E-state index contributed by atoms with van der Waals surface area (Å²) < 4.78 is 16.2. The Kier molecular flexibility index (Phi) is 6.13. The number of hydrogen-bond acceptors (Lipinski definition) is 5. The minimum Gasteiger partial charge on any atom is -0.497 e. The number of rotatable bonds is 7. The number of nitrogens with zero attached hydrogens (tertiary/aromatic N) is 1. The molecule has 6 nitrogen and oxygen atoms in total. The lowest BCUT2D eigenvalue weighted by atomic mass is 9.97. The van der Waals surface area contributed by atoms with Crippen LogP contribution in [0.3, 0.4) is 0 Å². The molecule has 30 heavy (non-hydrogen) atoms. The van der Waals surface area contributed by atoms with Crippen LogP contribution in [0.5, 0.6) is 11.5 Å². The van der Waals surface area contributed by atoms with Crippen LogP contribution in [0.2, 0.25) is 5.02 Å². The Morgan fingerprint density at radius 2 is 1.93 bits per heavy atom. The van der Waals surface area contributed by atoms with E-state index in [1.54, 1.807) is 30.2 Å². The van der Waals surface area contributed by atoms with Crippen molar-refractivity contribution in [3.05, 3.63) is 58.6 Å². The van der Waals surface area contributed by atoms with E-state index in [1.165, 1.54) is 0 Å². The summed E-state index contributed by atoms with van der Waals surface area (Å²) in [5, 5.41) is 0.597. The fraction of sp³-hybridized carbons (Fsp3) is 0.391. The van der Waals surface area contributed by atoms with Crippen molar-refractivity contribution in [2.75, 3.05) is 20.3 Å². The van der Waals surface area contributed by atoms with Gasteiger partial charge >= 0.3 is 5.97 Å². The van der Waals surface area contributed by atoms with Gasteiger partial charge in [-0.1, -0.05) is 23.7 Å². The molecule has 0 bridgehead atoms. The van der Waals surface area contributed by atoms with E-state index in [0.717, 1.165) is 35.5 Å². The van der Waals surface area contributed by atoms with Gasteiger partial charge in [0.15, 0.2) is 6.61 Å². The highest BCUT2D eigenvalue weighted by atomic mass is 35.5. The maximum atomic E-state index is 12.8. The highest BCUT2D eigenvalue weighted by Crippen LogP contribution is 2.31. The van der Waals surface area contributed by atoms with Crippen LogP contribution in [0.4, 0.5) is 0 Å². The molecule has 2 aliphatic rings. The molecular weight excluding hydrogens is 406 g/mol. The molecule has 4 rings (SSSR count). The van der Waals surface area contributed by atoms with Crippen molar-refractivity contribution in [2.24, 2.45) is 5.92 Å². The standard InChI is InChI=1S/C23H24ClNO5/c1-28-20-7-2-15(3-8-20)12-25(19-5-6-19)22(26)14-30-23(27)17-10-16-11-18(24)4-9-21(16)29-13-17/h2-4,7-9,11,17,19H,5-6,10,12-14H2,1H3. The second-order valence-corrected chi connectivity index (χ2v) is 8.11. The van der Waals surface area contributed by atoms with Crippen molar-refractivity contribution in [2.45, 2.75) is 31.8 Å². The maximum absolute atomic E-state index is 12.8. The van der Waals surface area contributed by atoms with Crippen LogP contribution in [0.25, 0.3) is 0 Å². The minimum atomic E-state index is -0.445. The van der Waals surface area contributed by atoms with E-state index < -0.39 is 11.9 Å². The summed E-state index contributed by atoms with van der Waals surface area (Å²) in [5.74, 6) is 0.462. The van der Waals surface area contributed by atoms with Crippen LogP contribution < -0.4 is 9.47 Å². The zero-order valence-corrected chi connectivity index (χ0v) is 17.6. The molecule has 2 aromatic rings. The molecule has 0 aromatic heterocycles. The Labute approximate surface area is 180 Å². The predicted octanol–water partition coefficient (Wildman–Crippen LogP) is 3.63. The van der Waals surface area contributed by atoms with E-state index >= 15 is 0 Å². The fourth-order valence-corrected chi connectivity index (χ4v) is 3.78. The largest absolute Gasteiger partial charge is 0.497 e. The van der Waals surface area contributed by atoms with Gasteiger partial charge < -0.3 is 19.1 Å². The number of ether oxygens (including phenoxy) is 3. The number of fused-ring (bicyclic) bond motifs is 1. The molecule has 1 heterocycles. The summed E-state index contributed by atoms with van der Waals surface area (Å²) in [4.78, 5) is 27.1. The SMILES string of the molecule is COc1ccc(CN(C(=O)COC(=O)C2COc3ccc(Cl)cc3C2)C2CC2)cc1. The van der Waals surface area contributed by atoms with E-state index in [2.05, 4.69) is 0 Å². The van der Waals surface area contributed by atoms with Crippen molar-refractivity contribution in [3.8, 4) is 11.5 Å². The molecule has 0 saturated heterocycles. The molecule has 1 atom stereocenters. The molecule has 1 unspecified atom stereocenters. The van der Waals surface area contributed by atoms with E-state index in [0.29, 0.717) is 18.0 Å². The van der Waals surface area contributed by atoms with E-state index in [-0.39, 0.29) is 25.2 Å². The Morgan fingerprint density at radius 3 is 2.63 bits per heavy atom. The first-order valence-corrected chi connectivity index (χ1v) is 10.4. The highest BCUT2D eigenvalue weighted by molar-refractivity contribution is 6.30. The number of hydrogen-bond donors (Lipinski definition) is 0. The molecule has 1 aliphatic carbocycles. The van der Waals surface area contributed by atoms with Crippen LogP contribution in [0.1, 0.15) is 24.0 Å². The smallest absolute Gasteiger partial charge is 0.313 e. The molecule has 2 aromatic carbocycles. The molecule has 1 amide bonds. The molecule has 158 valence electrons. The zero-order chi connectivity index (χ0) is 21.1. The summed E-state index contributed by atoms with van der Waals surface area (Å²) in [6.45, 7) is 0.466. The molecule has 1 fully saturated rings. The quantitative estimate of drug-likeness (QED) is 0.629. The van der Waals surface area contributed by atoms with Gasteiger partial charge in [0.05, 0.1) is 13.0 Å². The monoisotopic (exact) mass is 429 g/mol. The summed E-state index contributed by atoms with van der Waals surface area (Å²) in [7, 11) is 1.62. The fourth-order valence-electron chi connectivity index (χ4n) is 3.58. The zero-order valence-electron chi connectivity index (χ0n) is 16.8. The average Bonchev–Trinajstić information content (AvgIpc) is 3.60. The van der Waals surface area contributed by atoms with Crippen molar-refractivity contribution >= 4 is 23.5 Å². The van der Waals surface area contributed by atoms with Crippen LogP contribution in [-0.4, -0.2) is 43.1 Å². The minimum absolute atomic E-state index is 0.179. The third-order valence-electron chi connectivity index (χ3n) is 5.42. The highest BCUT2D eigenvalue weighted by Gasteiger charge is 2.34. The van der Waals surface area contributed by atoms with Gasteiger partial charge in [0.2, 0.25) is 0 Å². The molecular formula is C23H24ClNO5. The van der Waals surface area contributed by atoms with Gasteiger partial charge in [-0.2, -0.15) is 0 Å². The Hall–Kier alpha value is -2.73. The topological polar surface area (TPSA) is 65.1 Å². The molecule has 7 heteroatoms. The average molecular weight is 430 g/mol. The van der Waals surface area contributed by atoms with Crippen LogP contribution >= 0.6 is 11.6 Å². The number of methoxy groups -OCH3 is 1. The van der Waals surface area contributed by atoms with Gasteiger partial charge in [-0.05, 0) is 60.7 Å². The Morgan fingerprint density at radius 1 is 1.17 bits per heavy atom. The molecule has 0 N–H and O–H groups in total. The van der Waals surface area contributed by atoms with Gasteiger partial charge in [-0.25, -0.2) is 0 Å². The lowest BCUT2D eigenvalue weighted by Crippen LogP contribution is -2.37. The van der Waals surface area contributed by atoms with Crippen molar-refractivity contribution in [1.29, 1.82) is 0 Å². The van der Waals surface area contributed by atoms with Crippen LogP contribution in [0.15, 0.2) is 42.5 Å². The molecule has 0 spiro atoms. The summed E-state index contributed by atoms with van der Waals surface area (Å²) in [5.41, 5.74) is 1.89. The van der Waals surface area contributed by atoms with E-state index in [9.17, 15) is 9.59 Å². The second kappa shape index (κ2) is 8.96. The van der Waals surface area contributed by atoms with E-state index in [1.807, 2.05) is 24.3 Å². The first-order valence-electron chi connectivity index (χ1n) is 10.0. The van der Waals surface area contributed by atoms with Gasteiger partial charge in [0.25, 0.3) is 5.91 Å². The van der Waals surface area contributed by atoms with Gasteiger partial charge in [0, 0.05) is 17.6 Å². The summed E-state index contributed by atoms with van der Waals surface area (Å²) in [6, 6.07) is 13.2. The van der Waals surface area contributed by atoms with E-state index in [4.69, 9.17) is 25.8 Å². The van der Waals surface area contributed by atoms with Gasteiger partial charge in [0.1, 0.15) is 18.1 Å². The normalized spacial score (nSPS) is 17.5. The van der Waals surface area contributed by atoms with Crippen molar-refractivity contribution in [3.63, 3.8) is 0 Å². The first-order chi connectivity index (χ1) is 14.5. The van der Waals surface area contributed by atoms with Gasteiger partial charge in [-0.15, -0.1) is 0 Å². The molecule has 1 saturated carbocycles. The lowest BCUT2D eigenvalue weighted by Gasteiger charge is -2.25. The number of benzene rings is 2. The lowest BCUT2D eigenvalue weighted by molar-refractivity contribution is -0.157. The Balaban J connectivity index is 1.32. The molecule has 1 aliphatic heterocycles. The molecule has 0 radical (unpaired) electrons. The third-order valence-corrected chi connectivity index (χ3v) is 5.66. The first kappa shape index (κ1) is 20.5. The van der Waals surface area contributed by atoms with Gasteiger partial charge in [-0.3, -0.25) is 9.59 Å². The summed E-state index contributed by atoms with van der Waals surface area (Å²) in [6.07, 6.45) is 2.44. The number of carbonyl (C=O) groups excluding carboxylic acids is 2. The number of carbonyl (C=O) groups is 2. The van der Waals surface area contributed by atoms with Crippen molar-refractivity contribution in [1.82, 2.24) is 4.90 Å². The number of amides is 1. The van der Waals surface area contributed by atoms with Crippen LogP contribution in [-0.2, 0) is 27.3 Å². The number of esters is 1. The third kappa shape index (κ3) is 4.87. The Bertz CT molecular complexity index is 926. The number of halogens is 1. The predicted molar refractivity (Wildman–Crippen MR) is 112 cm³/mol. The van der Waals surface area contributed by atoms with Crippen LogP contribution in [0, 0.1) is 5.92 Å².